The molecular formula is C13H22N2O2. The van der Waals surface area contributed by atoms with E-state index in [4.69, 9.17) is 0 Å². The SMILES string of the molecule is CCNCCC(=O)N1CC2CC3CC2C1C3O. The van der Waals surface area contributed by atoms with E-state index in [2.05, 4.69) is 5.32 Å². The molecule has 2 N–H and O–H groups in total. The minimum absolute atomic E-state index is 0.146. The van der Waals surface area contributed by atoms with Crippen molar-refractivity contribution in [1.82, 2.24) is 10.2 Å². The van der Waals surface area contributed by atoms with Gasteiger partial charge in [-0.05, 0) is 37.1 Å². The number of fused-ring (bicyclic) bond motifs is 1. The van der Waals surface area contributed by atoms with Crippen LogP contribution in [0.25, 0.3) is 0 Å². The molecule has 17 heavy (non-hydrogen) atoms. The van der Waals surface area contributed by atoms with Gasteiger partial charge < -0.3 is 15.3 Å². The standard InChI is InChI=1S/C13H22N2O2/c1-2-14-4-3-11(16)15-7-9-5-8-6-10(9)12(15)13(8)17/h8-10,12-14,17H,2-7H2,1H3. The third kappa shape index (κ3) is 1.69. The largest absolute Gasteiger partial charge is 0.391 e. The van der Waals surface area contributed by atoms with Gasteiger partial charge in [0.25, 0.3) is 0 Å². The monoisotopic (exact) mass is 238 g/mol. The number of nitrogens with zero attached hydrogens (tertiary/aromatic N) is 1. The van der Waals surface area contributed by atoms with Crippen molar-refractivity contribution in [1.29, 1.82) is 0 Å². The second-order valence-corrected chi connectivity index (χ2v) is 5.79. The summed E-state index contributed by atoms with van der Waals surface area (Å²) in [5, 5.41) is 13.4. The molecule has 1 aliphatic heterocycles. The van der Waals surface area contributed by atoms with Crippen molar-refractivity contribution in [2.75, 3.05) is 19.6 Å². The Morgan fingerprint density at radius 1 is 1.41 bits per heavy atom. The van der Waals surface area contributed by atoms with Gasteiger partial charge in [-0.25, -0.2) is 0 Å². The van der Waals surface area contributed by atoms with Crippen LogP contribution in [0.3, 0.4) is 0 Å². The van der Waals surface area contributed by atoms with E-state index in [9.17, 15) is 9.90 Å². The number of hydrogen-bond donors (Lipinski definition) is 2. The minimum Gasteiger partial charge on any atom is -0.391 e. The van der Waals surface area contributed by atoms with Crippen LogP contribution >= 0.6 is 0 Å². The van der Waals surface area contributed by atoms with E-state index < -0.39 is 0 Å². The lowest BCUT2D eigenvalue weighted by atomic mass is 9.88. The number of carbonyl (C=O) groups is 1. The lowest BCUT2D eigenvalue weighted by Crippen LogP contribution is -2.44. The molecule has 0 spiro atoms. The molecule has 3 aliphatic rings. The van der Waals surface area contributed by atoms with Crippen LogP contribution in [-0.2, 0) is 4.79 Å². The highest BCUT2D eigenvalue weighted by atomic mass is 16.3. The van der Waals surface area contributed by atoms with E-state index in [0.29, 0.717) is 24.2 Å². The number of carbonyl (C=O) groups excluding carboxylic acids is 1. The Balaban J connectivity index is 1.63. The Kier molecular flexibility index (Phi) is 2.87. The van der Waals surface area contributed by atoms with Crippen LogP contribution in [0, 0.1) is 17.8 Å². The first-order valence-electron chi connectivity index (χ1n) is 6.90. The van der Waals surface area contributed by atoms with E-state index in [-0.39, 0.29) is 18.1 Å². The normalized spacial score (nSPS) is 42.5. The summed E-state index contributed by atoms with van der Waals surface area (Å²) < 4.78 is 0. The summed E-state index contributed by atoms with van der Waals surface area (Å²) in [6.45, 7) is 4.61. The van der Waals surface area contributed by atoms with E-state index in [0.717, 1.165) is 32.5 Å². The molecule has 0 aromatic heterocycles. The second-order valence-electron chi connectivity index (χ2n) is 5.79. The van der Waals surface area contributed by atoms with Gasteiger partial charge in [-0.2, -0.15) is 0 Å². The lowest BCUT2D eigenvalue weighted by molar-refractivity contribution is -0.134. The van der Waals surface area contributed by atoms with Gasteiger partial charge in [0.2, 0.25) is 5.91 Å². The maximum atomic E-state index is 12.1. The van der Waals surface area contributed by atoms with Gasteiger partial charge in [-0.3, -0.25) is 4.79 Å². The first-order valence-corrected chi connectivity index (χ1v) is 6.90. The molecule has 0 radical (unpaired) electrons. The first kappa shape index (κ1) is 11.5. The van der Waals surface area contributed by atoms with Gasteiger partial charge in [0, 0.05) is 19.5 Å². The molecule has 3 fully saturated rings. The molecule has 4 heteroatoms. The van der Waals surface area contributed by atoms with Crippen molar-refractivity contribution in [3.8, 4) is 0 Å². The summed E-state index contributed by atoms with van der Waals surface area (Å²) in [6, 6.07) is 0.146. The molecule has 0 aromatic rings. The van der Waals surface area contributed by atoms with Gasteiger partial charge in [0.1, 0.15) is 0 Å². The average Bonchev–Trinajstić information content (AvgIpc) is 2.89. The molecule has 0 aromatic carbocycles. The Hall–Kier alpha value is -0.610. The quantitative estimate of drug-likeness (QED) is 0.689. The van der Waals surface area contributed by atoms with E-state index >= 15 is 0 Å². The Labute approximate surface area is 102 Å². The summed E-state index contributed by atoms with van der Waals surface area (Å²) >= 11 is 0. The van der Waals surface area contributed by atoms with Gasteiger partial charge in [0.05, 0.1) is 12.1 Å². The Morgan fingerprint density at radius 3 is 2.94 bits per heavy atom. The van der Waals surface area contributed by atoms with Crippen LogP contribution in [0.4, 0.5) is 0 Å². The Bertz CT molecular complexity index is 319. The topological polar surface area (TPSA) is 52.6 Å². The highest BCUT2D eigenvalue weighted by molar-refractivity contribution is 5.77. The molecule has 3 rings (SSSR count). The predicted octanol–water partition coefficient (Wildman–Crippen LogP) is 0.214. The lowest BCUT2D eigenvalue weighted by Gasteiger charge is -2.29. The van der Waals surface area contributed by atoms with Gasteiger partial charge in [-0.15, -0.1) is 0 Å². The van der Waals surface area contributed by atoms with Crippen molar-refractivity contribution in [3.63, 3.8) is 0 Å². The van der Waals surface area contributed by atoms with Gasteiger partial charge >= 0.3 is 0 Å². The first-order chi connectivity index (χ1) is 8.22. The zero-order chi connectivity index (χ0) is 12.0. The average molecular weight is 238 g/mol. The molecule has 1 heterocycles. The molecule has 1 saturated heterocycles. The zero-order valence-corrected chi connectivity index (χ0v) is 10.4. The van der Waals surface area contributed by atoms with Crippen molar-refractivity contribution >= 4 is 5.91 Å². The summed E-state index contributed by atoms with van der Waals surface area (Å²) in [4.78, 5) is 14.1. The summed E-state index contributed by atoms with van der Waals surface area (Å²) in [5.41, 5.74) is 0. The molecule has 2 aliphatic carbocycles. The van der Waals surface area contributed by atoms with Crippen LogP contribution in [0.15, 0.2) is 0 Å². The maximum Gasteiger partial charge on any atom is 0.224 e. The number of likely N-dealkylation sites (tertiary alicyclic amines) is 1. The van der Waals surface area contributed by atoms with Crippen LogP contribution in [0.2, 0.25) is 0 Å². The summed E-state index contributed by atoms with van der Waals surface area (Å²) in [5.74, 6) is 1.97. The third-order valence-corrected chi connectivity index (χ3v) is 4.93. The van der Waals surface area contributed by atoms with E-state index in [1.165, 1.54) is 0 Å². The van der Waals surface area contributed by atoms with Crippen LogP contribution in [0.5, 0.6) is 0 Å². The number of amides is 1. The van der Waals surface area contributed by atoms with Crippen LogP contribution < -0.4 is 5.32 Å². The molecule has 5 atom stereocenters. The zero-order valence-electron chi connectivity index (χ0n) is 10.4. The predicted molar refractivity (Wildman–Crippen MR) is 64.4 cm³/mol. The maximum absolute atomic E-state index is 12.1. The fourth-order valence-corrected chi connectivity index (χ4v) is 4.21. The number of aliphatic hydroxyl groups excluding tert-OH is 1. The van der Waals surface area contributed by atoms with Gasteiger partial charge in [0.15, 0.2) is 0 Å². The number of nitrogens with one attached hydrogen (secondary N) is 1. The molecule has 2 bridgehead atoms. The molecule has 1 amide bonds. The third-order valence-electron chi connectivity index (χ3n) is 4.93. The van der Waals surface area contributed by atoms with E-state index in [1.54, 1.807) is 0 Å². The smallest absolute Gasteiger partial charge is 0.224 e. The van der Waals surface area contributed by atoms with Crippen LogP contribution in [0.1, 0.15) is 26.2 Å². The molecule has 5 unspecified atom stereocenters. The van der Waals surface area contributed by atoms with Crippen molar-refractivity contribution in [3.05, 3.63) is 0 Å². The number of hydrogen-bond acceptors (Lipinski definition) is 3. The van der Waals surface area contributed by atoms with Crippen molar-refractivity contribution in [2.24, 2.45) is 17.8 Å². The Morgan fingerprint density at radius 2 is 2.24 bits per heavy atom. The van der Waals surface area contributed by atoms with Crippen molar-refractivity contribution < 1.29 is 9.90 Å². The summed E-state index contributed by atoms with van der Waals surface area (Å²) in [6.07, 6.45) is 2.61. The van der Waals surface area contributed by atoms with Crippen molar-refractivity contribution in [2.45, 2.75) is 38.3 Å². The van der Waals surface area contributed by atoms with Crippen LogP contribution in [-0.4, -0.2) is 47.7 Å². The van der Waals surface area contributed by atoms with E-state index in [1.807, 2.05) is 11.8 Å². The van der Waals surface area contributed by atoms with Gasteiger partial charge in [-0.1, -0.05) is 6.92 Å². The molecular weight excluding hydrogens is 216 g/mol. The second kappa shape index (κ2) is 4.25. The summed E-state index contributed by atoms with van der Waals surface area (Å²) in [7, 11) is 0. The number of aliphatic hydroxyl groups is 1. The molecule has 2 saturated carbocycles. The fraction of sp³-hybridized carbons (Fsp3) is 0.923. The minimum atomic E-state index is -0.248. The molecule has 96 valence electrons. The number of rotatable bonds is 4. The highest BCUT2D eigenvalue weighted by Gasteiger charge is 2.59. The fourth-order valence-electron chi connectivity index (χ4n) is 4.21. The molecule has 4 nitrogen and oxygen atoms in total. The highest BCUT2D eigenvalue weighted by Crippen LogP contribution is 2.54.